The Bertz CT molecular complexity index is 886. The first kappa shape index (κ1) is 24.7. The second-order valence-corrected chi connectivity index (χ2v) is 8.42. The monoisotopic (exact) mass is 552 g/mol. The zero-order valence-corrected chi connectivity index (χ0v) is 21.1. The van der Waals surface area contributed by atoms with E-state index < -0.39 is 0 Å². The van der Waals surface area contributed by atoms with Crippen molar-refractivity contribution < 1.29 is 4.39 Å². The van der Waals surface area contributed by atoms with E-state index in [2.05, 4.69) is 49.8 Å². The molecule has 2 N–H and O–H groups in total. The molecule has 2 aliphatic heterocycles. The average molecular weight is 552 g/mol. The van der Waals surface area contributed by atoms with E-state index in [0.29, 0.717) is 12.4 Å². The van der Waals surface area contributed by atoms with E-state index in [-0.39, 0.29) is 35.8 Å². The number of nitrogens with zero attached hydrogens (tertiary/aromatic N) is 4. The van der Waals surface area contributed by atoms with Gasteiger partial charge in [0, 0.05) is 45.5 Å². The Kier molecular flexibility index (Phi) is 9.52. The molecule has 2 fully saturated rings. The summed E-state index contributed by atoms with van der Waals surface area (Å²) < 4.78 is 14.0. The standard InChI is InChI=1S/C24H33FN6.HI/c1-26-24(29-21-11-15-31(18-21)23-22(25)10-7-12-27-23)28-16-19-8-3-4-9-20(19)17-30-13-5-2-6-14-30;/h3-4,7-10,12,21H,2,5-6,11,13-18H2,1H3,(H2,26,28,29);1H. The fraction of sp³-hybridized carbons (Fsp3) is 0.500. The number of hydrogen-bond donors (Lipinski definition) is 2. The Labute approximate surface area is 207 Å². The third-order valence-electron chi connectivity index (χ3n) is 6.20. The molecule has 0 amide bonds. The number of pyridine rings is 1. The van der Waals surface area contributed by atoms with Crippen LogP contribution < -0.4 is 15.5 Å². The molecule has 2 aromatic rings. The number of aliphatic imine (C=N–C) groups is 1. The molecule has 8 heteroatoms. The second kappa shape index (κ2) is 12.3. The summed E-state index contributed by atoms with van der Waals surface area (Å²) in [7, 11) is 1.79. The Balaban J connectivity index is 0.00000289. The maximum atomic E-state index is 14.0. The first-order valence-corrected chi connectivity index (χ1v) is 11.3. The van der Waals surface area contributed by atoms with Crippen LogP contribution in [0.2, 0.25) is 0 Å². The molecule has 1 aromatic heterocycles. The van der Waals surface area contributed by atoms with Crippen molar-refractivity contribution in [2.24, 2.45) is 4.99 Å². The highest BCUT2D eigenvalue weighted by molar-refractivity contribution is 14.0. The van der Waals surface area contributed by atoms with Gasteiger partial charge in [0.05, 0.1) is 0 Å². The molecule has 1 unspecified atom stereocenters. The molecule has 1 atom stereocenters. The topological polar surface area (TPSA) is 55.8 Å². The van der Waals surface area contributed by atoms with Crippen molar-refractivity contribution in [2.75, 3.05) is 38.1 Å². The lowest BCUT2D eigenvalue weighted by atomic mass is 10.0. The Morgan fingerprint density at radius 3 is 2.62 bits per heavy atom. The number of aromatic nitrogens is 1. The summed E-state index contributed by atoms with van der Waals surface area (Å²) in [5.74, 6) is 0.943. The highest BCUT2D eigenvalue weighted by Crippen LogP contribution is 2.21. The first-order valence-electron chi connectivity index (χ1n) is 11.3. The molecule has 4 rings (SSSR count). The predicted molar refractivity (Wildman–Crippen MR) is 139 cm³/mol. The minimum atomic E-state index is -0.268. The molecular weight excluding hydrogens is 518 g/mol. The van der Waals surface area contributed by atoms with E-state index in [1.807, 2.05) is 4.90 Å². The molecule has 6 nitrogen and oxygen atoms in total. The lowest BCUT2D eigenvalue weighted by molar-refractivity contribution is 0.220. The van der Waals surface area contributed by atoms with Gasteiger partial charge in [-0.05, 0) is 55.6 Å². The quantitative estimate of drug-likeness (QED) is 0.325. The SMILES string of the molecule is CN=C(NCc1ccccc1CN1CCCCC1)NC1CCN(c2ncccc2F)C1.I. The minimum Gasteiger partial charge on any atom is -0.352 e. The van der Waals surface area contributed by atoms with Gasteiger partial charge < -0.3 is 15.5 Å². The Hall–Kier alpha value is -1.94. The molecule has 1 aromatic carbocycles. The van der Waals surface area contributed by atoms with Gasteiger partial charge in [0.1, 0.15) is 0 Å². The number of nitrogens with one attached hydrogen (secondary N) is 2. The van der Waals surface area contributed by atoms with E-state index in [1.165, 1.54) is 49.5 Å². The van der Waals surface area contributed by atoms with E-state index in [0.717, 1.165) is 32.0 Å². The number of hydrogen-bond acceptors (Lipinski definition) is 4. The molecule has 0 aliphatic carbocycles. The molecule has 2 aliphatic rings. The zero-order valence-electron chi connectivity index (χ0n) is 18.8. The van der Waals surface area contributed by atoms with Gasteiger partial charge in [0.2, 0.25) is 0 Å². The van der Waals surface area contributed by atoms with Gasteiger partial charge in [0.15, 0.2) is 17.6 Å². The van der Waals surface area contributed by atoms with Crippen LogP contribution in [0.5, 0.6) is 0 Å². The molecule has 3 heterocycles. The summed E-state index contributed by atoms with van der Waals surface area (Å²) >= 11 is 0. The van der Waals surface area contributed by atoms with E-state index in [9.17, 15) is 4.39 Å². The van der Waals surface area contributed by atoms with Gasteiger partial charge in [-0.1, -0.05) is 30.7 Å². The van der Waals surface area contributed by atoms with E-state index >= 15 is 0 Å². The van der Waals surface area contributed by atoms with Crippen molar-refractivity contribution in [1.29, 1.82) is 0 Å². The number of rotatable bonds is 6. The van der Waals surface area contributed by atoms with Crippen molar-refractivity contribution in [3.05, 3.63) is 59.5 Å². The molecule has 0 radical (unpaired) electrons. The number of benzene rings is 1. The van der Waals surface area contributed by atoms with Crippen LogP contribution in [0.25, 0.3) is 0 Å². The molecule has 0 saturated carbocycles. The van der Waals surface area contributed by atoms with E-state index in [4.69, 9.17) is 0 Å². The van der Waals surface area contributed by atoms with Crippen LogP contribution in [0.1, 0.15) is 36.8 Å². The first-order chi connectivity index (χ1) is 15.2. The van der Waals surface area contributed by atoms with Crippen LogP contribution in [-0.2, 0) is 13.1 Å². The smallest absolute Gasteiger partial charge is 0.191 e. The van der Waals surface area contributed by atoms with Gasteiger partial charge in [-0.25, -0.2) is 9.37 Å². The van der Waals surface area contributed by atoms with Gasteiger partial charge in [-0.2, -0.15) is 0 Å². The van der Waals surface area contributed by atoms with Crippen molar-refractivity contribution in [2.45, 2.75) is 44.8 Å². The van der Waals surface area contributed by atoms with Gasteiger partial charge in [0.25, 0.3) is 0 Å². The Morgan fingerprint density at radius 1 is 1.09 bits per heavy atom. The summed E-state index contributed by atoms with van der Waals surface area (Å²) in [6, 6.07) is 11.9. The lowest BCUT2D eigenvalue weighted by Crippen LogP contribution is -2.44. The number of guanidine groups is 1. The minimum absolute atomic E-state index is 0. The highest BCUT2D eigenvalue weighted by Gasteiger charge is 2.26. The predicted octanol–water partition coefficient (Wildman–Crippen LogP) is 3.77. The summed E-state index contributed by atoms with van der Waals surface area (Å²) in [5.41, 5.74) is 2.68. The zero-order chi connectivity index (χ0) is 21.5. The molecule has 0 bridgehead atoms. The van der Waals surface area contributed by atoms with Crippen molar-refractivity contribution in [3.63, 3.8) is 0 Å². The summed E-state index contributed by atoms with van der Waals surface area (Å²) in [5, 5.41) is 6.96. The molecule has 32 heavy (non-hydrogen) atoms. The Morgan fingerprint density at radius 2 is 1.88 bits per heavy atom. The lowest BCUT2D eigenvalue weighted by Gasteiger charge is -2.27. The summed E-state index contributed by atoms with van der Waals surface area (Å²) in [4.78, 5) is 13.2. The van der Waals surface area contributed by atoms with Crippen molar-refractivity contribution in [3.8, 4) is 0 Å². The number of anilines is 1. The van der Waals surface area contributed by atoms with Gasteiger partial charge in [-0.3, -0.25) is 9.89 Å². The molecule has 174 valence electrons. The normalized spacial score (nSPS) is 19.5. The summed E-state index contributed by atoms with van der Waals surface area (Å²) in [6.07, 6.45) is 6.52. The van der Waals surface area contributed by atoms with Crippen molar-refractivity contribution in [1.82, 2.24) is 20.5 Å². The van der Waals surface area contributed by atoms with Gasteiger partial charge in [-0.15, -0.1) is 24.0 Å². The van der Waals surface area contributed by atoms with Crippen LogP contribution >= 0.6 is 24.0 Å². The van der Waals surface area contributed by atoms with Crippen LogP contribution in [0.15, 0.2) is 47.6 Å². The third kappa shape index (κ3) is 6.54. The molecule has 2 saturated heterocycles. The van der Waals surface area contributed by atoms with Crippen LogP contribution in [0, 0.1) is 5.82 Å². The van der Waals surface area contributed by atoms with Crippen LogP contribution in [0.4, 0.5) is 10.2 Å². The maximum Gasteiger partial charge on any atom is 0.191 e. The second-order valence-electron chi connectivity index (χ2n) is 8.42. The van der Waals surface area contributed by atoms with Crippen LogP contribution in [-0.4, -0.2) is 55.1 Å². The number of piperidine rings is 1. The van der Waals surface area contributed by atoms with Gasteiger partial charge >= 0.3 is 0 Å². The summed E-state index contributed by atoms with van der Waals surface area (Å²) in [6.45, 7) is 5.62. The number of halogens is 2. The van der Waals surface area contributed by atoms with Crippen molar-refractivity contribution >= 4 is 35.8 Å². The number of likely N-dealkylation sites (tertiary alicyclic amines) is 1. The maximum absolute atomic E-state index is 14.0. The largest absolute Gasteiger partial charge is 0.352 e. The molecular formula is C24H34FIN6. The van der Waals surface area contributed by atoms with E-state index in [1.54, 1.807) is 19.3 Å². The third-order valence-corrected chi connectivity index (χ3v) is 6.20. The highest BCUT2D eigenvalue weighted by atomic mass is 127. The fourth-order valence-electron chi connectivity index (χ4n) is 4.49. The fourth-order valence-corrected chi connectivity index (χ4v) is 4.49. The average Bonchev–Trinajstić information content (AvgIpc) is 3.27. The van der Waals surface area contributed by atoms with Crippen LogP contribution in [0.3, 0.4) is 0 Å². The molecule has 0 spiro atoms.